The Bertz CT molecular complexity index is 654. The molecule has 2 rings (SSSR count). The van der Waals surface area contributed by atoms with Crippen molar-refractivity contribution in [3.63, 3.8) is 0 Å². The van der Waals surface area contributed by atoms with E-state index in [1.807, 2.05) is 24.3 Å². The molecule has 0 aliphatic rings. The van der Waals surface area contributed by atoms with E-state index in [1.54, 1.807) is 6.07 Å². The van der Waals surface area contributed by atoms with Crippen LogP contribution in [0.1, 0.15) is 25.0 Å². The predicted molar refractivity (Wildman–Crippen MR) is 92.2 cm³/mol. The summed E-state index contributed by atoms with van der Waals surface area (Å²) in [5.74, 6) is 0.303. The van der Waals surface area contributed by atoms with E-state index in [9.17, 15) is 13.2 Å². The maximum atomic E-state index is 12.6. The smallest absolute Gasteiger partial charge is 0.405 e. The molecule has 2 nitrogen and oxygen atoms in total. The third-order valence-corrected chi connectivity index (χ3v) is 3.41. The molecule has 0 saturated carbocycles. The molecule has 0 fully saturated rings. The van der Waals surface area contributed by atoms with Crippen LogP contribution in [0.15, 0.2) is 42.5 Å². The third kappa shape index (κ3) is 5.73. The Kier molecular flexibility index (Phi) is 7.11. The molecule has 0 unspecified atom stereocenters. The minimum atomic E-state index is -4.73. The lowest BCUT2D eigenvalue weighted by Gasteiger charge is -2.15. The molecule has 0 amide bonds. The van der Waals surface area contributed by atoms with E-state index in [1.165, 1.54) is 12.1 Å². The van der Waals surface area contributed by atoms with Gasteiger partial charge in [-0.05, 0) is 41.2 Å². The zero-order valence-corrected chi connectivity index (χ0v) is 14.4. The maximum Gasteiger partial charge on any atom is 0.573 e. The van der Waals surface area contributed by atoms with Gasteiger partial charge in [-0.3, -0.25) is 0 Å². The summed E-state index contributed by atoms with van der Waals surface area (Å²) in [4.78, 5) is 0. The van der Waals surface area contributed by atoms with Gasteiger partial charge in [-0.15, -0.1) is 25.6 Å². The van der Waals surface area contributed by atoms with E-state index < -0.39 is 6.36 Å². The fourth-order valence-electron chi connectivity index (χ4n) is 2.44. The lowest BCUT2D eigenvalue weighted by Crippen LogP contribution is -2.17. The summed E-state index contributed by atoms with van der Waals surface area (Å²) in [6, 6.07) is 12.0. The number of benzene rings is 2. The molecule has 0 radical (unpaired) electrons. The van der Waals surface area contributed by atoms with Crippen LogP contribution in [0.5, 0.6) is 5.75 Å². The van der Waals surface area contributed by atoms with Crippen LogP contribution in [0, 0.1) is 5.92 Å². The molecule has 2 N–H and O–H groups in total. The van der Waals surface area contributed by atoms with Gasteiger partial charge >= 0.3 is 6.36 Å². The summed E-state index contributed by atoms with van der Waals surface area (Å²) in [6.07, 6.45) is -3.80. The summed E-state index contributed by atoms with van der Waals surface area (Å²) < 4.78 is 41.9. The number of ether oxygens (including phenoxy) is 1. The highest BCUT2D eigenvalue weighted by molar-refractivity contribution is 5.85. The van der Waals surface area contributed by atoms with Crippen molar-refractivity contribution >= 4 is 12.4 Å². The number of halogens is 4. The van der Waals surface area contributed by atoms with Crippen LogP contribution in [0.4, 0.5) is 13.2 Å². The van der Waals surface area contributed by atoms with Crippen molar-refractivity contribution in [2.24, 2.45) is 11.7 Å². The first-order valence-electron chi connectivity index (χ1n) is 7.46. The summed E-state index contributed by atoms with van der Waals surface area (Å²) in [7, 11) is 0. The quantitative estimate of drug-likeness (QED) is 0.783. The molecule has 0 aliphatic carbocycles. The van der Waals surface area contributed by atoms with Gasteiger partial charge in [0, 0.05) is 12.1 Å². The molecule has 0 aromatic heterocycles. The van der Waals surface area contributed by atoms with Crippen LogP contribution in [0.25, 0.3) is 11.1 Å². The highest BCUT2D eigenvalue weighted by Gasteiger charge is 2.32. The predicted octanol–water partition coefficient (Wildman–Crippen LogP) is 5.33. The Morgan fingerprint density at radius 3 is 2.08 bits per heavy atom. The van der Waals surface area contributed by atoms with Crippen LogP contribution >= 0.6 is 12.4 Å². The van der Waals surface area contributed by atoms with Gasteiger partial charge < -0.3 is 10.5 Å². The normalized spacial score (nSPS) is 11.3. The molecule has 0 atom stereocenters. The Balaban J connectivity index is 0.00000288. The van der Waals surface area contributed by atoms with Crippen LogP contribution < -0.4 is 10.5 Å². The minimum Gasteiger partial charge on any atom is -0.405 e. The Morgan fingerprint density at radius 1 is 1.00 bits per heavy atom. The van der Waals surface area contributed by atoms with E-state index in [0.29, 0.717) is 17.0 Å². The maximum absolute atomic E-state index is 12.6. The molecule has 132 valence electrons. The van der Waals surface area contributed by atoms with Gasteiger partial charge in [0.25, 0.3) is 0 Å². The van der Waals surface area contributed by atoms with Gasteiger partial charge in [0.1, 0.15) is 5.75 Å². The second kappa shape index (κ2) is 8.40. The van der Waals surface area contributed by atoms with Crippen molar-refractivity contribution in [2.75, 3.05) is 0 Å². The molecule has 0 heterocycles. The monoisotopic (exact) mass is 359 g/mol. The summed E-state index contributed by atoms with van der Waals surface area (Å²) in [6.45, 7) is 4.49. The zero-order valence-electron chi connectivity index (χ0n) is 13.6. The third-order valence-electron chi connectivity index (χ3n) is 3.41. The second-order valence-corrected chi connectivity index (χ2v) is 5.88. The molecule has 0 saturated heterocycles. The van der Waals surface area contributed by atoms with Gasteiger partial charge in [0.15, 0.2) is 0 Å². The average Bonchev–Trinajstić information content (AvgIpc) is 2.46. The number of hydrogen-bond acceptors (Lipinski definition) is 2. The van der Waals surface area contributed by atoms with Crippen LogP contribution in [-0.4, -0.2) is 6.36 Å². The van der Waals surface area contributed by atoms with Crippen molar-refractivity contribution in [2.45, 2.75) is 33.2 Å². The van der Waals surface area contributed by atoms with Crippen molar-refractivity contribution in [3.8, 4) is 16.9 Å². The van der Waals surface area contributed by atoms with E-state index in [-0.39, 0.29) is 24.7 Å². The van der Waals surface area contributed by atoms with Gasteiger partial charge in [0.2, 0.25) is 0 Å². The van der Waals surface area contributed by atoms with Gasteiger partial charge in [0.05, 0.1) is 0 Å². The van der Waals surface area contributed by atoms with Crippen LogP contribution in [0.3, 0.4) is 0 Å². The molecule has 0 spiro atoms. The highest BCUT2D eigenvalue weighted by Crippen LogP contribution is 2.35. The average molecular weight is 360 g/mol. The second-order valence-electron chi connectivity index (χ2n) is 5.88. The van der Waals surface area contributed by atoms with Crippen LogP contribution in [0.2, 0.25) is 0 Å². The Hall–Kier alpha value is -1.72. The number of hydrogen-bond donors (Lipinski definition) is 1. The van der Waals surface area contributed by atoms with E-state index in [2.05, 4.69) is 18.6 Å². The molecule has 2 aromatic rings. The lowest BCUT2D eigenvalue weighted by molar-refractivity contribution is -0.274. The Labute approximate surface area is 146 Å². The molecule has 24 heavy (non-hydrogen) atoms. The van der Waals surface area contributed by atoms with Gasteiger partial charge in [-0.1, -0.05) is 44.2 Å². The van der Waals surface area contributed by atoms with Crippen molar-refractivity contribution in [1.82, 2.24) is 0 Å². The highest BCUT2D eigenvalue weighted by atomic mass is 35.5. The molecular formula is C18H21ClF3NO. The number of rotatable bonds is 5. The molecule has 2 aromatic carbocycles. The van der Waals surface area contributed by atoms with Gasteiger partial charge in [-0.2, -0.15) is 0 Å². The summed E-state index contributed by atoms with van der Waals surface area (Å²) in [5.41, 5.74) is 8.55. The van der Waals surface area contributed by atoms with Crippen molar-refractivity contribution in [1.29, 1.82) is 0 Å². The Morgan fingerprint density at radius 2 is 1.58 bits per heavy atom. The van der Waals surface area contributed by atoms with E-state index >= 15 is 0 Å². The molecule has 0 aliphatic heterocycles. The fraction of sp³-hybridized carbons (Fsp3) is 0.333. The molecule has 0 bridgehead atoms. The molecule has 6 heteroatoms. The first kappa shape index (κ1) is 20.3. The first-order chi connectivity index (χ1) is 10.8. The standard InChI is InChI=1S/C18H20F3NO.ClH/c1-12(2)9-13-3-6-15(7-4-13)16-10-14(11-22)5-8-17(16)23-18(19,20)21;/h3-8,10,12H,9,11,22H2,1-2H3;1H. The lowest BCUT2D eigenvalue weighted by atomic mass is 9.97. The zero-order chi connectivity index (χ0) is 17.0. The topological polar surface area (TPSA) is 35.2 Å². The summed E-state index contributed by atoms with van der Waals surface area (Å²) in [5, 5.41) is 0. The summed E-state index contributed by atoms with van der Waals surface area (Å²) >= 11 is 0. The SMILES string of the molecule is CC(C)Cc1ccc(-c2cc(CN)ccc2OC(F)(F)F)cc1.Cl. The van der Waals surface area contributed by atoms with Crippen molar-refractivity contribution < 1.29 is 17.9 Å². The first-order valence-corrected chi connectivity index (χ1v) is 7.46. The van der Waals surface area contributed by atoms with E-state index in [4.69, 9.17) is 5.73 Å². The number of alkyl halides is 3. The molecular weight excluding hydrogens is 339 g/mol. The van der Waals surface area contributed by atoms with Crippen LogP contribution in [-0.2, 0) is 13.0 Å². The minimum absolute atomic E-state index is 0. The van der Waals surface area contributed by atoms with E-state index in [0.717, 1.165) is 17.5 Å². The fourth-order valence-corrected chi connectivity index (χ4v) is 2.44. The number of nitrogens with two attached hydrogens (primary N) is 1. The van der Waals surface area contributed by atoms with Gasteiger partial charge in [-0.25, -0.2) is 0 Å². The van der Waals surface area contributed by atoms with Crippen molar-refractivity contribution in [3.05, 3.63) is 53.6 Å². The largest absolute Gasteiger partial charge is 0.573 e.